The Morgan fingerprint density at radius 3 is 2.65 bits per heavy atom. The van der Waals surface area contributed by atoms with E-state index in [0.29, 0.717) is 12.6 Å². The highest BCUT2D eigenvalue weighted by atomic mass is 16.5. The van der Waals surface area contributed by atoms with Crippen LogP contribution in [0.3, 0.4) is 0 Å². The van der Waals surface area contributed by atoms with E-state index in [2.05, 4.69) is 25.5 Å². The number of aryl methyl sites for hydroxylation is 1. The Hall–Kier alpha value is -2.38. The molecular formula is C19H27N5O2. The van der Waals surface area contributed by atoms with Gasteiger partial charge in [0, 0.05) is 43.6 Å². The monoisotopic (exact) mass is 357 g/mol. The molecule has 26 heavy (non-hydrogen) atoms. The van der Waals surface area contributed by atoms with Crippen LogP contribution in [0, 0.1) is 6.92 Å². The van der Waals surface area contributed by atoms with Crippen LogP contribution in [0.4, 0.5) is 17.5 Å². The summed E-state index contributed by atoms with van der Waals surface area (Å²) in [5.74, 6) is 2.28. The van der Waals surface area contributed by atoms with Crippen LogP contribution in [0.1, 0.15) is 12.6 Å². The van der Waals surface area contributed by atoms with Gasteiger partial charge in [0.05, 0.1) is 19.8 Å². The van der Waals surface area contributed by atoms with Gasteiger partial charge < -0.3 is 20.1 Å². The number of hydrogen-bond acceptors (Lipinski definition) is 7. The second kappa shape index (κ2) is 9.35. The average molecular weight is 357 g/mol. The summed E-state index contributed by atoms with van der Waals surface area (Å²) in [6.45, 7) is 9.99. The van der Waals surface area contributed by atoms with E-state index < -0.39 is 0 Å². The first kappa shape index (κ1) is 18.4. The first-order valence-corrected chi connectivity index (χ1v) is 9.12. The largest absolute Gasteiger partial charge is 0.494 e. The summed E-state index contributed by atoms with van der Waals surface area (Å²) in [6, 6.07) is 9.79. The van der Waals surface area contributed by atoms with Crippen LogP contribution in [-0.4, -0.2) is 60.9 Å². The quantitative estimate of drug-likeness (QED) is 0.752. The molecule has 140 valence electrons. The van der Waals surface area contributed by atoms with E-state index in [-0.39, 0.29) is 0 Å². The second-order valence-electron chi connectivity index (χ2n) is 6.18. The maximum Gasteiger partial charge on any atom is 0.224 e. The smallest absolute Gasteiger partial charge is 0.224 e. The van der Waals surface area contributed by atoms with Crippen molar-refractivity contribution in [2.24, 2.45) is 0 Å². The molecule has 1 aromatic heterocycles. The van der Waals surface area contributed by atoms with Crippen molar-refractivity contribution in [2.75, 3.05) is 56.6 Å². The minimum atomic E-state index is 0.645. The molecule has 1 fully saturated rings. The lowest BCUT2D eigenvalue weighted by Crippen LogP contribution is -2.39. The molecule has 7 heteroatoms. The van der Waals surface area contributed by atoms with E-state index in [4.69, 9.17) is 9.47 Å². The summed E-state index contributed by atoms with van der Waals surface area (Å²) in [7, 11) is 0. The molecule has 0 aliphatic carbocycles. The van der Waals surface area contributed by atoms with Gasteiger partial charge in [-0.15, -0.1) is 0 Å². The van der Waals surface area contributed by atoms with Crippen LogP contribution in [0.25, 0.3) is 0 Å². The number of morpholine rings is 1. The normalized spacial score (nSPS) is 14.8. The van der Waals surface area contributed by atoms with E-state index in [1.54, 1.807) is 0 Å². The Bertz CT molecular complexity index is 687. The number of hydrogen-bond donors (Lipinski definition) is 2. The van der Waals surface area contributed by atoms with Gasteiger partial charge in [0.15, 0.2) is 0 Å². The molecule has 2 aromatic rings. The number of aromatic nitrogens is 2. The molecule has 3 rings (SSSR count). The van der Waals surface area contributed by atoms with Gasteiger partial charge >= 0.3 is 0 Å². The SMILES string of the molecule is CCOc1ccc(Nc2cc(C)nc(NCCN3CCOCC3)n2)cc1. The number of nitrogens with one attached hydrogen (secondary N) is 2. The van der Waals surface area contributed by atoms with Crippen LogP contribution in [0.15, 0.2) is 30.3 Å². The molecule has 1 aromatic carbocycles. The minimum Gasteiger partial charge on any atom is -0.494 e. The van der Waals surface area contributed by atoms with Crippen LogP contribution >= 0.6 is 0 Å². The standard InChI is InChI=1S/C19H27N5O2/c1-3-26-17-6-4-16(5-7-17)22-18-14-15(2)21-19(23-18)20-8-9-24-10-12-25-13-11-24/h4-7,14H,3,8-13H2,1-2H3,(H2,20,21,22,23). The molecular weight excluding hydrogens is 330 g/mol. The van der Waals surface area contributed by atoms with Gasteiger partial charge in [-0.1, -0.05) is 0 Å². The molecule has 0 amide bonds. The Balaban J connectivity index is 1.56. The van der Waals surface area contributed by atoms with Crippen LogP contribution in [-0.2, 0) is 4.74 Å². The molecule has 0 saturated carbocycles. The fraction of sp³-hybridized carbons (Fsp3) is 0.474. The third-order valence-electron chi connectivity index (χ3n) is 4.11. The van der Waals surface area contributed by atoms with Gasteiger partial charge in [0.2, 0.25) is 5.95 Å². The van der Waals surface area contributed by atoms with Crippen molar-refractivity contribution in [3.8, 4) is 5.75 Å². The Kier molecular flexibility index (Phi) is 6.62. The van der Waals surface area contributed by atoms with Crippen LogP contribution in [0.2, 0.25) is 0 Å². The number of benzene rings is 1. The number of anilines is 3. The molecule has 0 atom stereocenters. The number of nitrogens with zero attached hydrogens (tertiary/aromatic N) is 3. The first-order valence-electron chi connectivity index (χ1n) is 9.12. The summed E-state index contributed by atoms with van der Waals surface area (Å²) in [4.78, 5) is 11.4. The summed E-state index contributed by atoms with van der Waals surface area (Å²) < 4.78 is 10.8. The molecule has 0 bridgehead atoms. The zero-order valence-electron chi connectivity index (χ0n) is 15.5. The van der Waals surface area contributed by atoms with Crippen molar-refractivity contribution >= 4 is 17.5 Å². The lowest BCUT2D eigenvalue weighted by molar-refractivity contribution is 0.0398. The summed E-state index contributed by atoms with van der Waals surface area (Å²) >= 11 is 0. The van der Waals surface area contributed by atoms with Crippen molar-refractivity contribution in [2.45, 2.75) is 13.8 Å². The first-order chi connectivity index (χ1) is 12.7. The minimum absolute atomic E-state index is 0.645. The predicted molar refractivity (Wildman–Crippen MR) is 103 cm³/mol. The van der Waals surface area contributed by atoms with Crippen molar-refractivity contribution in [1.29, 1.82) is 0 Å². The Morgan fingerprint density at radius 1 is 1.15 bits per heavy atom. The highest BCUT2D eigenvalue weighted by molar-refractivity contribution is 5.58. The topological polar surface area (TPSA) is 71.5 Å². The van der Waals surface area contributed by atoms with Gasteiger partial charge in [-0.3, -0.25) is 4.90 Å². The third kappa shape index (κ3) is 5.57. The van der Waals surface area contributed by atoms with E-state index >= 15 is 0 Å². The van der Waals surface area contributed by atoms with E-state index in [1.807, 2.05) is 44.2 Å². The molecule has 0 radical (unpaired) electrons. The zero-order chi connectivity index (χ0) is 18.2. The fourth-order valence-corrected chi connectivity index (χ4v) is 2.81. The van der Waals surface area contributed by atoms with Gasteiger partial charge in [0.1, 0.15) is 11.6 Å². The third-order valence-corrected chi connectivity index (χ3v) is 4.11. The molecule has 1 aliphatic heterocycles. The lowest BCUT2D eigenvalue weighted by atomic mass is 10.3. The molecule has 2 N–H and O–H groups in total. The van der Waals surface area contributed by atoms with E-state index in [9.17, 15) is 0 Å². The number of ether oxygens (including phenoxy) is 2. The Labute approximate surface area is 154 Å². The van der Waals surface area contributed by atoms with Gasteiger partial charge in [-0.2, -0.15) is 4.98 Å². The maximum absolute atomic E-state index is 5.47. The highest BCUT2D eigenvalue weighted by Gasteiger charge is 2.10. The van der Waals surface area contributed by atoms with E-state index in [1.165, 1.54) is 0 Å². The predicted octanol–water partition coefficient (Wildman–Crippen LogP) is 2.67. The van der Waals surface area contributed by atoms with Crippen LogP contribution < -0.4 is 15.4 Å². The molecule has 1 saturated heterocycles. The van der Waals surface area contributed by atoms with Crippen molar-refractivity contribution < 1.29 is 9.47 Å². The summed E-state index contributed by atoms with van der Waals surface area (Å²) in [6.07, 6.45) is 0. The lowest BCUT2D eigenvalue weighted by Gasteiger charge is -2.26. The molecule has 1 aliphatic rings. The molecule has 7 nitrogen and oxygen atoms in total. The van der Waals surface area contributed by atoms with Gasteiger partial charge in [-0.05, 0) is 38.1 Å². The molecule has 2 heterocycles. The zero-order valence-corrected chi connectivity index (χ0v) is 15.5. The number of rotatable bonds is 8. The van der Waals surface area contributed by atoms with Crippen LogP contribution in [0.5, 0.6) is 5.75 Å². The van der Waals surface area contributed by atoms with Crippen molar-refractivity contribution in [1.82, 2.24) is 14.9 Å². The highest BCUT2D eigenvalue weighted by Crippen LogP contribution is 2.20. The molecule has 0 unspecified atom stereocenters. The van der Waals surface area contributed by atoms with Crippen molar-refractivity contribution in [3.63, 3.8) is 0 Å². The second-order valence-corrected chi connectivity index (χ2v) is 6.18. The van der Waals surface area contributed by atoms with Crippen molar-refractivity contribution in [3.05, 3.63) is 36.0 Å². The molecule has 0 spiro atoms. The summed E-state index contributed by atoms with van der Waals surface area (Å²) in [5, 5.41) is 6.64. The van der Waals surface area contributed by atoms with E-state index in [0.717, 1.165) is 62.3 Å². The fourth-order valence-electron chi connectivity index (χ4n) is 2.81. The maximum atomic E-state index is 5.47. The van der Waals surface area contributed by atoms with Gasteiger partial charge in [-0.25, -0.2) is 4.98 Å². The summed E-state index contributed by atoms with van der Waals surface area (Å²) in [5.41, 5.74) is 1.88. The van der Waals surface area contributed by atoms with Gasteiger partial charge in [0.25, 0.3) is 0 Å². The average Bonchev–Trinajstić information content (AvgIpc) is 2.64. The Morgan fingerprint density at radius 2 is 1.92 bits per heavy atom.